The van der Waals surface area contributed by atoms with Crippen molar-refractivity contribution in [3.8, 4) is 0 Å². The van der Waals surface area contributed by atoms with E-state index < -0.39 is 0 Å². The summed E-state index contributed by atoms with van der Waals surface area (Å²) in [6, 6.07) is 9.74. The molecule has 1 amide bonds. The highest BCUT2D eigenvalue weighted by Crippen LogP contribution is 2.15. The van der Waals surface area contributed by atoms with E-state index in [-0.39, 0.29) is 18.2 Å². The fourth-order valence-electron chi connectivity index (χ4n) is 2.46. The third-order valence-electron chi connectivity index (χ3n) is 3.68. The van der Waals surface area contributed by atoms with Gasteiger partial charge in [0, 0.05) is 20.7 Å². The van der Waals surface area contributed by atoms with Gasteiger partial charge in [-0.2, -0.15) is 0 Å². The van der Waals surface area contributed by atoms with Gasteiger partial charge in [0.2, 0.25) is 0 Å². The zero-order valence-electron chi connectivity index (χ0n) is 12.0. The SMILES string of the molecule is CO[C@H]1CNCC[C@H]1N(C)C(=O)OCc1ccccc1. The van der Waals surface area contributed by atoms with Gasteiger partial charge >= 0.3 is 6.09 Å². The van der Waals surface area contributed by atoms with Gasteiger partial charge in [0.1, 0.15) is 6.61 Å². The van der Waals surface area contributed by atoms with E-state index >= 15 is 0 Å². The molecule has 0 aliphatic carbocycles. The van der Waals surface area contributed by atoms with Gasteiger partial charge in [-0.05, 0) is 18.5 Å². The summed E-state index contributed by atoms with van der Waals surface area (Å²) < 4.78 is 10.8. The molecule has 0 bridgehead atoms. The van der Waals surface area contributed by atoms with E-state index in [0.29, 0.717) is 6.61 Å². The van der Waals surface area contributed by atoms with E-state index in [1.807, 2.05) is 30.3 Å². The number of carbonyl (C=O) groups is 1. The molecule has 1 fully saturated rings. The molecule has 0 aromatic heterocycles. The van der Waals surface area contributed by atoms with E-state index in [0.717, 1.165) is 25.1 Å². The summed E-state index contributed by atoms with van der Waals surface area (Å²) in [4.78, 5) is 13.8. The molecular formula is C15H22N2O3. The number of piperidine rings is 1. The van der Waals surface area contributed by atoms with Gasteiger partial charge < -0.3 is 19.7 Å². The number of hydrogen-bond donors (Lipinski definition) is 1. The molecule has 5 nitrogen and oxygen atoms in total. The number of nitrogens with zero attached hydrogens (tertiary/aromatic N) is 1. The second-order valence-corrected chi connectivity index (χ2v) is 4.99. The number of methoxy groups -OCH3 is 1. The van der Waals surface area contributed by atoms with Crippen LogP contribution in [0.15, 0.2) is 30.3 Å². The van der Waals surface area contributed by atoms with E-state index in [4.69, 9.17) is 9.47 Å². The van der Waals surface area contributed by atoms with Crippen LogP contribution in [0.1, 0.15) is 12.0 Å². The average molecular weight is 278 g/mol. The Balaban J connectivity index is 1.87. The summed E-state index contributed by atoms with van der Waals surface area (Å²) in [5.41, 5.74) is 0.989. The van der Waals surface area contributed by atoms with E-state index in [2.05, 4.69) is 5.32 Å². The summed E-state index contributed by atoms with van der Waals surface area (Å²) in [6.07, 6.45) is 0.580. The van der Waals surface area contributed by atoms with Crippen LogP contribution in [0.2, 0.25) is 0 Å². The van der Waals surface area contributed by atoms with Crippen molar-refractivity contribution < 1.29 is 14.3 Å². The molecule has 0 unspecified atom stereocenters. The number of rotatable bonds is 4. The Labute approximate surface area is 119 Å². The Hall–Kier alpha value is -1.59. The minimum Gasteiger partial charge on any atom is -0.445 e. The summed E-state index contributed by atoms with van der Waals surface area (Å²) >= 11 is 0. The van der Waals surface area contributed by atoms with E-state index in [9.17, 15) is 4.79 Å². The molecule has 0 spiro atoms. The molecule has 0 radical (unpaired) electrons. The third-order valence-corrected chi connectivity index (χ3v) is 3.68. The molecule has 1 N–H and O–H groups in total. The summed E-state index contributed by atoms with van der Waals surface area (Å²) in [7, 11) is 3.45. The lowest BCUT2D eigenvalue weighted by molar-refractivity contribution is 0.00270. The van der Waals surface area contributed by atoms with Crippen molar-refractivity contribution in [2.45, 2.75) is 25.2 Å². The Bertz CT molecular complexity index is 424. The molecule has 2 rings (SSSR count). The van der Waals surface area contributed by atoms with Crippen LogP contribution in [0.3, 0.4) is 0 Å². The van der Waals surface area contributed by atoms with Crippen LogP contribution in [0.25, 0.3) is 0 Å². The van der Waals surface area contributed by atoms with Crippen LogP contribution in [-0.4, -0.2) is 50.4 Å². The number of nitrogens with one attached hydrogen (secondary N) is 1. The summed E-state index contributed by atoms with van der Waals surface area (Å²) in [6.45, 7) is 1.95. The third kappa shape index (κ3) is 3.71. The standard InChI is InChI=1S/C15H22N2O3/c1-17(13-8-9-16-10-14(13)19-2)15(18)20-11-12-6-4-3-5-7-12/h3-7,13-14,16H,8-11H2,1-2H3/t13-,14+/m1/s1. The number of likely N-dealkylation sites (N-methyl/N-ethyl adjacent to an activating group) is 1. The molecule has 2 atom stereocenters. The predicted octanol–water partition coefficient (Wildman–Crippen LogP) is 1.63. The van der Waals surface area contributed by atoms with Crippen LogP contribution >= 0.6 is 0 Å². The predicted molar refractivity (Wildman–Crippen MR) is 76.5 cm³/mol. The smallest absolute Gasteiger partial charge is 0.410 e. The topological polar surface area (TPSA) is 50.8 Å². The van der Waals surface area contributed by atoms with Crippen molar-refractivity contribution in [2.24, 2.45) is 0 Å². The highest BCUT2D eigenvalue weighted by atomic mass is 16.6. The van der Waals surface area contributed by atoms with E-state index in [1.54, 1.807) is 19.1 Å². The van der Waals surface area contributed by atoms with Crippen molar-refractivity contribution in [2.75, 3.05) is 27.2 Å². The summed E-state index contributed by atoms with van der Waals surface area (Å²) in [5, 5.41) is 3.26. The Morgan fingerprint density at radius 2 is 2.15 bits per heavy atom. The monoisotopic (exact) mass is 278 g/mol. The fourth-order valence-corrected chi connectivity index (χ4v) is 2.46. The van der Waals surface area contributed by atoms with Gasteiger partial charge in [-0.3, -0.25) is 0 Å². The van der Waals surface area contributed by atoms with Crippen LogP contribution in [0.5, 0.6) is 0 Å². The molecule has 1 heterocycles. The zero-order chi connectivity index (χ0) is 14.4. The molecule has 1 aliphatic heterocycles. The largest absolute Gasteiger partial charge is 0.445 e. The van der Waals surface area contributed by atoms with Crippen LogP contribution < -0.4 is 5.32 Å². The molecular weight excluding hydrogens is 256 g/mol. The van der Waals surface area contributed by atoms with Crippen molar-refractivity contribution in [3.05, 3.63) is 35.9 Å². The minimum atomic E-state index is -0.303. The van der Waals surface area contributed by atoms with Crippen LogP contribution in [-0.2, 0) is 16.1 Å². The number of carbonyl (C=O) groups excluding carboxylic acids is 1. The lowest BCUT2D eigenvalue weighted by Gasteiger charge is -2.36. The minimum absolute atomic E-state index is 0.0121. The van der Waals surface area contributed by atoms with Gasteiger partial charge in [-0.15, -0.1) is 0 Å². The first-order valence-electron chi connectivity index (χ1n) is 6.89. The fraction of sp³-hybridized carbons (Fsp3) is 0.533. The van der Waals surface area contributed by atoms with Gasteiger partial charge in [0.15, 0.2) is 0 Å². The molecule has 110 valence electrons. The number of amides is 1. The van der Waals surface area contributed by atoms with Crippen molar-refractivity contribution >= 4 is 6.09 Å². The molecule has 1 aromatic rings. The molecule has 0 saturated carbocycles. The second kappa shape index (κ2) is 7.26. The van der Waals surface area contributed by atoms with Gasteiger partial charge in [-0.25, -0.2) is 4.79 Å². The lowest BCUT2D eigenvalue weighted by atomic mass is 10.0. The molecule has 20 heavy (non-hydrogen) atoms. The first-order chi connectivity index (χ1) is 9.72. The van der Waals surface area contributed by atoms with Crippen molar-refractivity contribution in [1.29, 1.82) is 0 Å². The quantitative estimate of drug-likeness (QED) is 0.909. The molecule has 5 heteroatoms. The Kier molecular flexibility index (Phi) is 5.38. The molecule has 1 aliphatic rings. The highest BCUT2D eigenvalue weighted by Gasteiger charge is 2.31. The van der Waals surface area contributed by atoms with Crippen molar-refractivity contribution in [1.82, 2.24) is 10.2 Å². The van der Waals surface area contributed by atoms with Gasteiger partial charge in [-0.1, -0.05) is 30.3 Å². The second-order valence-electron chi connectivity index (χ2n) is 4.99. The summed E-state index contributed by atoms with van der Waals surface area (Å²) in [5.74, 6) is 0. The van der Waals surface area contributed by atoms with E-state index in [1.165, 1.54) is 0 Å². The Morgan fingerprint density at radius 1 is 1.40 bits per heavy atom. The first kappa shape index (κ1) is 14.8. The van der Waals surface area contributed by atoms with Gasteiger partial charge in [0.05, 0.1) is 12.1 Å². The lowest BCUT2D eigenvalue weighted by Crippen LogP contribution is -2.54. The average Bonchev–Trinajstić information content (AvgIpc) is 2.52. The maximum atomic E-state index is 12.1. The van der Waals surface area contributed by atoms with Crippen LogP contribution in [0, 0.1) is 0 Å². The highest BCUT2D eigenvalue weighted by molar-refractivity contribution is 5.67. The molecule has 1 saturated heterocycles. The number of ether oxygens (including phenoxy) is 2. The maximum absolute atomic E-state index is 12.1. The van der Waals surface area contributed by atoms with Gasteiger partial charge in [0.25, 0.3) is 0 Å². The first-order valence-corrected chi connectivity index (χ1v) is 6.89. The maximum Gasteiger partial charge on any atom is 0.410 e. The molecule has 1 aromatic carbocycles. The number of hydrogen-bond acceptors (Lipinski definition) is 4. The number of benzene rings is 1. The van der Waals surface area contributed by atoms with Crippen molar-refractivity contribution in [3.63, 3.8) is 0 Å². The zero-order valence-corrected chi connectivity index (χ0v) is 12.0. The Morgan fingerprint density at radius 3 is 2.85 bits per heavy atom. The normalized spacial score (nSPS) is 22.3. The van der Waals surface area contributed by atoms with Crippen LogP contribution in [0.4, 0.5) is 4.79 Å².